The van der Waals surface area contributed by atoms with Crippen LogP contribution in [0.4, 0.5) is 5.95 Å². The summed E-state index contributed by atoms with van der Waals surface area (Å²) in [6, 6.07) is 16.7. The molecule has 8 fully saturated rings. The molecule has 2 aromatic carbocycles. The van der Waals surface area contributed by atoms with E-state index >= 15 is 0 Å². The third kappa shape index (κ3) is 8.58. The van der Waals surface area contributed by atoms with Crippen molar-refractivity contribution in [3.8, 4) is 0 Å². The van der Waals surface area contributed by atoms with Crippen molar-refractivity contribution in [2.24, 2.45) is 45.6 Å². The predicted octanol–water partition coefficient (Wildman–Crippen LogP) is 10.3. The minimum atomic E-state index is -0.000735. The number of nitrogens with two attached hydrogens (primary N) is 3. The highest BCUT2D eigenvalue weighted by molar-refractivity contribution is 7.03. The second-order valence-electron chi connectivity index (χ2n) is 19.3. The minimum absolute atomic E-state index is 0.000735. The summed E-state index contributed by atoms with van der Waals surface area (Å²) >= 11 is 18.5. The van der Waals surface area contributed by atoms with Gasteiger partial charge in [-0.1, -0.05) is 83.9 Å². The lowest BCUT2D eigenvalue weighted by Crippen LogP contribution is -2.66. The Hall–Kier alpha value is -3.27. The van der Waals surface area contributed by atoms with Gasteiger partial charge >= 0.3 is 0 Å². The molecule has 2 aromatic heterocycles. The van der Waals surface area contributed by atoms with Crippen LogP contribution in [-0.4, -0.2) is 49.1 Å². The Morgan fingerprint density at radius 2 is 1.07 bits per heavy atom. The summed E-state index contributed by atoms with van der Waals surface area (Å²) in [5.41, 5.74) is 28.4. The van der Waals surface area contributed by atoms with E-state index in [4.69, 9.17) is 57.0 Å². The SMILES string of the molecule is CN=P.Clc1ncc(Cl)c(C2=CCc3ccccc32)n1.NC12CC3CC(C1)CC(N)(C3)C2.NC12CC3CC(C1)CC(Nc1ncc(Cl)c(C4=CCc5ccccc54)n1)(C3)C2. The standard InChI is InChI=1S/C23H25ClN4.C13H8Cl2N2.C10H18N2.CH4NP/c24-19-12-26-21(27-20(19)18-6-5-16-3-1-2-4-17(16)18)28-23-10-14-7-15(11-23)9-22(25,8-14)13-23;14-11-7-16-13(15)17-12(11)10-6-5-8-3-1-2-4-9(8)10;11-9-2-7-1-8(4-9)5-10(12,3-7)6-9;1-2-3/h1-4,6,12,14-15H,5,7-11,13,25H2,(H,26,27,28);1-4,6-7H,5H2;7-8H,1-6,11-12H2;3H,1H3. The first-order valence-electron chi connectivity index (χ1n) is 21.4. The van der Waals surface area contributed by atoms with Gasteiger partial charge < -0.3 is 22.5 Å². The van der Waals surface area contributed by atoms with E-state index in [1.165, 1.54) is 92.7 Å². The van der Waals surface area contributed by atoms with E-state index in [0.29, 0.717) is 21.7 Å². The monoisotopic (exact) mass is 881 g/mol. The van der Waals surface area contributed by atoms with Crippen molar-refractivity contribution in [1.82, 2.24) is 19.9 Å². The van der Waals surface area contributed by atoms with Gasteiger partial charge in [-0.3, -0.25) is 4.74 Å². The Morgan fingerprint density at radius 3 is 1.55 bits per heavy atom. The van der Waals surface area contributed by atoms with Crippen molar-refractivity contribution in [1.29, 1.82) is 0 Å². The molecule has 0 spiro atoms. The van der Waals surface area contributed by atoms with Crippen molar-refractivity contribution in [3.05, 3.63) is 122 Å². The molecule has 10 aliphatic carbocycles. The van der Waals surface area contributed by atoms with Crippen molar-refractivity contribution < 1.29 is 0 Å². The lowest BCUT2D eigenvalue weighted by Gasteiger charge is -2.61. The second kappa shape index (κ2) is 16.5. The normalized spacial score (nSPS) is 32.9. The molecule has 9 nitrogen and oxygen atoms in total. The number of halogens is 3. The number of rotatable bonds is 4. The fraction of sp³-hybridized carbons (Fsp3) is 0.489. The molecule has 4 aromatic rings. The van der Waals surface area contributed by atoms with Crippen LogP contribution in [0.2, 0.25) is 15.3 Å². The quantitative estimate of drug-likeness (QED) is 0.117. The number of hydrogen-bond acceptors (Lipinski definition) is 9. The first-order chi connectivity index (χ1) is 28.7. The highest BCUT2D eigenvalue weighted by atomic mass is 35.5. The molecule has 10 aliphatic rings. The first kappa shape index (κ1) is 42.1. The van der Waals surface area contributed by atoms with E-state index in [-0.39, 0.29) is 27.4 Å². The van der Waals surface area contributed by atoms with Crippen LogP contribution in [0.15, 0.2) is 77.8 Å². The third-order valence-electron chi connectivity index (χ3n) is 14.3. The molecular formula is C47H55Cl3N9P. The molecule has 13 heteroatoms. The van der Waals surface area contributed by atoms with E-state index in [1.807, 2.05) is 12.1 Å². The summed E-state index contributed by atoms with van der Waals surface area (Å²) in [5.74, 6) is 3.91. The Bertz CT molecular complexity index is 2320. The van der Waals surface area contributed by atoms with Gasteiger partial charge in [0.05, 0.1) is 33.8 Å². The topological polar surface area (TPSA) is 154 Å². The lowest BCUT2D eigenvalue weighted by molar-refractivity contribution is -0.0173. The number of allylic oxidation sites excluding steroid dienone is 2. The minimum Gasteiger partial charge on any atom is -0.349 e. The van der Waals surface area contributed by atoms with Crippen LogP contribution in [0.5, 0.6) is 0 Å². The van der Waals surface area contributed by atoms with E-state index in [0.717, 1.165) is 66.2 Å². The zero-order valence-electron chi connectivity index (χ0n) is 34.2. The van der Waals surface area contributed by atoms with E-state index < -0.39 is 0 Å². The molecule has 7 N–H and O–H groups in total. The summed E-state index contributed by atoms with van der Waals surface area (Å²) in [7, 11) is 4.47. The average Bonchev–Trinajstić information content (AvgIpc) is 3.80. The molecule has 2 heterocycles. The van der Waals surface area contributed by atoms with Crippen LogP contribution in [0, 0.1) is 23.7 Å². The number of benzene rings is 2. The van der Waals surface area contributed by atoms with Gasteiger partial charge in [-0.25, -0.2) is 19.9 Å². The number of aromatic nitrogens is 4. The average molecular weight is 883 g/mol. The number of hydrogen-bond donors (Lipinski definition) is 4. The fourth-order valence-corrected chi connectivity index (χ4v) is 13.8. The largest absolute Gasteiger partial charge is 0.349 e. The van der Waals surface area contributed by atoms with E-state index in [9.17, 15) is 0 Å². The number of fused-ring (bicyclic) bond motifs is 2. The highest BCUT2D eigenvalue weighted by Crippen LogP contribution is 2.58. The van der Waals surface area contributed by atoms with Gasteiger partial charge in [-0.2, -0.15) is 0 Å². The van der Waals surface area contributed by atoms with Gasteiger partial charge in [0, 0.05) is 40.3 Å². The molecule has 8 saturated carbocycles. The maximum atomic E-state index is 6.76. The highest BCUT2D eigenvalue weighted by Gasteiger charge is 2.57. The fourth-order valence-electron chi connectivity index (χ4n) is 13.3. The third-order valence-corrected chi connectivity index (χ3v) is 15.0. The van der Waals surface area contributed by atoms with Crippen LogP contribution < -0.4 is 22.5 Å². The molecule has 2 unspecified atom stereocenters. The van der Waals surface area contributed by atoms with Crippen LogP contribution in [0.3, 0.4) is 0 Å². The number of nitrogens with one attached hydrogen (secondary N) is 1. The Kier molecular flexibility index (Phi) is 11.5. The van der Waals surface area contributed by atoms with Gasteiger partial charge in [0.1, 0.15) is 0 Å². The first-order valence-corrected chi connectivity index (χ1v) is 23.0. The van der Waals surface area contributed by atoms with Crippen molar-refractivity contribution in [2.75, 3.05) is 12.4 Å². The smallest absolute Gasteiger partial charge is 0.223 e. The van der Waals surface area contributed by atoms with Crippen LogP contribution in [0.25, 0.3) is 11.1 Å². The lowest BCUT2D eigenvalue weighted by atomic mass is 9.50. The van der Waals surface area contributed by atoms with Gasteiger partial charge in [0.15, 0.2) is 0 Å². The summed E-state index contributed by atoms with van der Waals surface area (Å²) in [6.07, 6.45) is 24.1. The maximum Gasteiger partial charge on any atom is 0.223 e. The zero-order valence-corrected chi connectivity index (χ0v) is 37.5. The van der Waals surface area contributed by atoms with Gasteiger partial charge in [-0.15, -0.1) is 0 Å². The summed E-state index contributed by atoms with van der Waals surface area (Å²) in [6.45, 7) is 0. The van der Waals surface area contributed by atoms with Gasteiger partial charge in [-0.05, 0) is 156 Å². The molecule has 0 radical (unpaired) electrons. The zero-order chi connectivity index (χ0) is 41.9. The molecule has 0 saturated heterocycles. The second-order valence-corrected chi connectivity index (χ2v) is 20.9. The van der Waals surface area contributed by atoms with Crippen molar-refractivity contribution >= 4 is 60.9 Å². The van der Waals surface area contributed by atoms with Gasteiger partial charge in [0.2, 0.25) is 11.2 Å². The van der Waals surface area contributed by atoms with Crippen LogP contribution in [0.1, 0.15) is 111 Å². The summed E-state index contributed by atoms with van der Waals surface area (Å²) in [4.78, 5) is 17.5. The number of anilines is 1. The maximum absolute atomic E-state index is 6.76. The molecule has 314 valence electrons. The summed E-state index contributed by atoms with van der Waals surface area (Å²) < 4.78 is 3.31. The molecule has 0 aliphatic heterocycles. The van der Waals surface area contributed by atoms with Crippen molar-refractivity contribution in [2.45, 2.75) is 112 Å². The molecule has 2 atom stereocenters. The molecule has 60 heavy (non-hydrogen) atoms. The Labute approximate surface area is 371 Å². The molecule has 0 amide bonds. The van der Waals surface area contributed by atoms with E-state index in [1.54, 1.807) is 13.2 Å². The van der Waals surface area contributed by atoms with E-state index in [2.05, 4.69) is 82.6 Å². The number of nitrogens with zero attached hydrogens (tertiary/aromatic N) is 5. The molecule has 8 bridgehead atoms. The van der Waals surface area contributed by atoms with Crippen LogP contribution in [-0.2, 0) is 12.8 Å². The Morgan fingerprint density at radius 1 is 0.633 bits per heavy atom. The van der Waals surface area contributed by atoms with Crippen LogP contribution >= 0.6 is 43.8 Å². The van der Waals surface area contributed by atoms with Gasteiger partial charge in [0.25, 0.3) is 0 Å². The molecule has 14 rings (SSSR count). The molecular weight excluding hydrogens is 828 g/mol. The predicted molar refractivity (Wildman–Crippen MR) is 247 cm³/mol. The summed E-state index contributed by atoms with van der Waals surface area (Å²) in [5, 5.41) is 5.09. The van der Waals surface area contributed by atoms with Crippen molar-refractivity contribution in [3.63, 3.8) is 0 Å². The Balaban J connectivity index is 0.000000122.